The van der Waals surface area contributed by atoms with Gasteiger partial charge in [-0.1, -0.05) is 42.5 Å². The summed E-state index contributed by atoms with van der Waals surface area (Å²) in [7, 11) is 0. The van der Waals surface area contributed by atoms with Crippen LogP contribution < -0.4 is 10.2 Å². The molecule has 0 saturated carbocycles. The molecule has 0 bridgehead atoms. The van der Waals surface area contributed by atoms with Crippen molar-refractivity contribution in [3.8, 4) is 5.75 Å². The fourth-order valence-corrected chi connectivity index (χ4v) is 2.18. The number of nitrogens with one attached hydrogen (secondary N) is 2. The number of hydrazone groups is 1. The molecular formula is C19H18N4O2. The molecule has 0 aliphatic rings. The van der Waals surface area contributed by atoms with E-state index in [2.05, 4.69) is 20.7 Å². The average molecular weight is 334 g/mol. The summed E-state index contributed by atoms with van der Waals surface area (Å²) in [5.74, 6) is 0.374. The van der Waals surface area contributed by atoms with Crippen molar-refractivity contribution in [2.24, 2.45) is 5.10 Å². The van der Waals surface area contributed by atoms with Crippen LogP contribution in [0.5, 0.6) is 5.75 Å². The van der Waals surface area contributed by atoms with Crippen LogP contribution in [0.4, 0.5) is 0 Å². The van der Waals surface area contributed by atoms with E-state index in [9.17, 15) is 4.79 Å². The number of H-pyrrole nitrogens is 1. The summed E-state index contributed by atoms with van der Waals surface area (Å²) in [4.78, 5) is 11.8. The second-order valence-electron chi connectivity index (χ2n) is 5.48. The SMILES string of the molecule is Cc1cc(C(=O)N/N=C/c2cccc(OCc3ccccc3)c2)n[nH]1. The summed E-state index contributed by atoms with van der Waals surface area (Å²) in [6.45, 7) is 2.32. The summed E-state index contributed by atoms with van der Waals surface area (Å²) in [6, 6.07) is 19.1. The van der Waals surface area contributed by atoms with E-state index >= 15 is 0 Å². The zero-order valence-electron chi connectivity index (χ0n) is 13.8. The Balaban J connectivity index is 1.56. The molecule has 126 valence electrons. The van der Waals surface area contributed by atoms with Crippen LogP contribution in [-0.4, -0.2) is 22.3 Å². The van der Waals surface area contributed by atoms with Gasteiger partial charge in [-0.25, -0.2) is 5.43 Å². The maximum atomic E-state index is 11.8. The van der Waals surface area contributed by atoms with Crippen LogP contribution in [0.15, 0.2) is 65.8 Å². The maximum absolute atomic E-state index is 11.8. The normalized spacial score (nSPS) is 10.8. The fourth-order valence-electron chi connectivity index (χ4n) is 2.18. The van der Waals surface area contributed by atoms with E-state index in [1.165, 1.54) is 0 Å². The first-order valence-corrected chi connectivity index (χ1v) is 7.83. The molecule has 2 aromatic carbocycles. The number of aryl methyl sites for hydroxylation is 1. The van der Waals surface area contributed by atoms with Crippen molar-refractivity contribution in [2.45, 2.75) is 13.5 Å². The van der Waals surface area contributed by atoms with Crippen molar-refractivity contribution in [3.05, 3.63) is 83.2 Å². The molecule has 6 heteroatoms. The van der Waals surface area contributed by atoms with Gasteiger partial charge in [0.1, 0.15) is 12.4 Å². The first-order chi connectivity index (χ1) is 12.2. The average Bonchev–Trinajstić information content (AvgIpc) is 3.08. The van der Waals surface area contributed by atoms with E-state index in [-0.39, 0.29) is 5.91 Å². The third-order valence-electron chi connectivity index (χ3n) is 3.42. The summed E-state index contributed by atoms with van der Waals surface area (Å²) < 4.78 is 5.77. The van der Waals surface area contributed by atoms with Gasteiger partial charge in [-0.15, -0.1) is 0 Å². The highest BCUT2D eigenvalue weighted by Gasteiger charge is 2.07. The molecule has 0 unspecified atom stereocenters. The van der Waals surface area contributed by atoms with E-state index < -0.39 is 0 Å². The molecule has 25 heavy (non-hydrogen) atoms. The Labute approximate surface area is 145 Å². The third kappa shape index (κ3) is 4.78. The Morgan fingerprint density at radius 2 is 2.04 bits per heavy atom. The van der Waals surface area contributed by atoms with Gasteiger partial charge in [-0.05, 0) is 36.2 Å². The Kier molecular flexibility index (Phi) is 5.21. The van der Waals surface area contributed by atoms with Crippen molar-refractivity contribution < 1.29 is 9.53 Å². The van der Waals surface area contributed by atoms with Gasteiger partial charge in [0.2, 0.25) is 0 Å². The number of amides is 1. The molecule has 6 nitrogen and oxygen atoms in total. The zero-order chi connectivity index (χ0) is 17.5. The van der Waals surface area contributed by atoms with Crippen molar-refractivity contribution in [2.75, 3.05) is 0 Å². The van der Waals surface area contributed by atoms with E-state index in [4.69, 9.17) is 4.74 Å². The van der Waals surface area contributed by atoms with Crippen LogP contribution >= 0.6 is 0 Å². The van der Waals surface area contributed by atoms with Gasteiger partial charge in [-0.2, -0.15) is 10.2 Å². The molecule has 0 saturated heterocycles. The van der Waals surface area contributed by atoms with Crippen LogP contribution in [0.25, 0.3) is 0 Å². The topological polar surface area (TPSA) is 79.4 Å². The van der Waals surface area contributed by atoms with Crippen molar-refractivity contribution >= 4 is 12.1 Å². The number of aromatic amines is 1. The molecule has 3 rings (SSSR count). The van der Waals surface area contributed by atoms with Gasteiger partial charge in [0.05, 0.1) is 6.21 Å². The van der Waals surface area contributed by atoms with Crippen LogP contribution in [0.2, 0.25) is 0 Å². The number of ether oxygens (including phenoxy) is 1. The molecule has 0 radical (unpaired) electrons. The molecule has 2 N–H and O–H groups in total. The summed E-state index contributed by atoms with van der Waals surface area (Å²) in [6.07, 6.45) is 1.56. The standard InChI is InChI=1S/C19H18N4O2/c1-14-10-18(22-21-14)19(24)23-20-12-16-8-5-9-17(11-16)25-13-15-6-3-2-4-7-15/h2-12H,13H2,1H3,(H,21,22)(H,23,24)/b20-12+. The summed E-state index contributed by atoms with van der Waals surface area (Å²) in [5, 5.41) is 10.5. The molecule has 0 aliphatic heterocycles. The zero-order valence-corrected chi connectivity index (χ0v) is 13.8. The Morgan fingerprint density at radius 1 is 1.20 bits per heavy atom. The number of aromatic nitrogens is 2. The predicted molar refractivity (Wildman–Crippen MR) is 95.6 cm³/mol. The van der Waals surface area contributed by atoms with Crippen LogP contribution in [-0.2, 0) is 6.61 Å². The van der Waals surface area contributed by atoms with E-state index in [0.717, 1.165) is 22.6 Å². The third-order valence-corrected chi connectivity index (χ3v) is 3.42. The summed E-state index contributed by atoms with van der Waals surface area (Å²) >= 11 is 0. The number of hydrogen-bond acceptors (Lipinski definition) is 4. The number of hydrogen-bond donors (Lipinski definition) is 2. The minimum Gasteiger partial charge on any atom is -0.489 e. The lowest BCUT2D eigenvalue weighted by Crippen LogP contribution is -2.18. The molecule has 0 aliphatic carbocycles. The number of rotatable bonds is 6. The lowest BCUT2D eigenvalue weighted by Gasteiger charge is -2.06. The first kappa shape index (κ1) is 16.4. The molecule has 1 amide bonds. The van der Waals surface area contributed by atoms with Gasteiger partial charge >= 0.3 is 0 Å². The predicted octanol–water partition coefficient (Wildman–Crippen LogP) is 3.06. The Hall–Kier alpha value is -3.41. The van der Waals surface area contributed by atoms with Crippen molar-refractivity contribution in [1.82, 2.24) is 15.6 Å². The lowest BCUT2D eigenvalue weighted by molar-refractivity contribution is 0.0950. The number of benzene rings is 2. The Morgan fingerprint density at radius 3 is 2.80 bits per heavy atom. The molecule has 0 spiro atoms. The summed E-state index contributed by atoms with van der Waals surface area (Å²) in [5.41, 5.74) is 5.49. The number of nitrogens with zero attached hydrogens (tertiary/aromatic N) is 2. The van der Waals surface area contributed by atoms with Crippen LogP contribution in [0, 0.1) is 6.92 Å². The second kappa shape index (κ2) is 7.92. The van der Waals surface area contributed by atoms with E-state index in [1.54, 1.807) is 12.3 Å². The lowest BCUT2D eigenvalue weighted by atomic mass is 10.2. The van der Waals surface area contributed by atoms with E-state index in [0.29, 0.717) is 12.3 Å². The van der Waals surface area contributed by atoms with Gasteiger partial charge in [0, 0.05) is 5.69 Å². The minimum atomic E-state index is -0.364. The van der Waals surface area contributed by atoms with Crippen LogP contribution in [0.1, 0.15) is 27.3 Å². The molecule has 3 aromatic rings. The van der Waals surface area contributed by atoms with Crippen molar-refractivity contribution in [3.63, 3.8) is 0 Å². The quantitative estimate of drug-likeness (QED) is 0.537. The highest BCUT2D eigenvalue weighted by atomic mass is 16.5. The highest BCUT2D eigenvalue weighted by molar-refractivity contribution is 5.93. The van der Waals surface area contributed by atoms with Crippen molar-refractivity contribution in [1.29, 1.82) is 0 Å². The molecule has 1 heterocycles. The monoisotopic (exact) mass is 334 g/mol. The van der Waals surface area contributed by atoms with E-state index in [1.807, 2.05) is 61.5 Å². The maximum Gasteiger partial charge on any atom is 0.291 e. The minimum absolute atomic E-state index is 0.301. The molecule has 1 aromatic heterocycles. The first-order valence-electron chi connectivity index (χ1n) is 7.83. The number of carbonyl (C=O) groups is 1. The van der Waals surface area contributed by atoms with Gasteiger partial charge in [0.25, 0.3) is 5.91 Å². The second-order valence-corrected chi connectivity index (χ2v) is 5.48. The van der Waals surface area contributed by atoms with Gasteiger partial charge in [-0.3, -0.25) is 9.89 Å². The largest absolute Gasteiger partial charge is 0.489 e. The number of carbonyl (C=O) groups excluding carboxylic acids is 1. The van der Waals surface area contributed by atoms with Crippen LogP contribution in [0.3, 0.4) is 0 Å². The molecule has 0 fully saturated rings. The highest BCUT2D eigenvalue weighted by Crippen LogP contribution is 2.14. The fraction of sp³-hybridized carbons (Fsp3) is 0.105. The molecule has 0 atom stereocenters. The molecular weight excluding hydrogens is 316 g/mol. The Bertz CT molecular complexity index is 872. The smallest absolute Gasteiger partial charge is 0.291 e. The van der Waals surface area contributed by atoms with Gasteiger partial charge in [0.15, 0.2) is 5.69 Å². The van der Waals surface area contributed by atoms with Gasteiger partial charge < -0.3 is 4.74 Å².